The maximum Gasteiger partial charge on any atom is 0.227 e. The summed E-state index contributed by atoms with van der Waals surface area (Å²) >= 11 is 0. The highest BCUT2D eigenvalue weighted by atomic mass is 16.2. The predicted molar refractivity (Wildman–Crippen MR) is 74.5 cm³/mol. The van der Waals surface area contributed by atoms with Gasteiger partial charge in [0.15, 0.2) is 0 Å². The molecule has 98 valence electrons. The van der Waals surface area contributed by atoms with Crippen molar-refractivity contribution in [2.75, 3.05) is 6.54 Å². The van der Waals surface area contributed by atoms with Crippen molar-refractivity contribution in [1.82, 2.24) is 4.90 Å². The van der Waals surface area contributed by atoms with Crippen LogP contribution in [0.25, 0.3) is 0 Å². The number of aryl methyl sites for hydroxylation is 1. The molecule has 1 aromatic carbocycles. The molecule has 1 aliphatic carbocycles. The predicted octanol–water partition coefficient (Wildman–Crippen LogP) is 3.18. The van der Waals surface area contributed by atoms with E-state index in [9.17, 15) is 4.79 Å². The van der Waals surface area contributed by atoms with E-state index >= 15 is 0 Å². The fourth-order valence-corrected chi connectivity index (χ4v) is 2.31. The normalized spacial score (nSPS) is 14.9. The van der Waals surface area contributed by atoms with Crippen LogP contribution in [0.2, 0.25) is 0 Å². The van der Waals surface area contributed by atoms with Crippen LogP contribution in [0.5, 0.6) is 0 Å². The summed E-state index contributed by atoms with van der Waals surface area (Å²) < 4.78 is 0. The molecule has 0 radical (unpaired) electrons. The Labute approximate surface area is 110 Å². The van der Waals surface area contributed by atoms with E-state index < -0.39 is 0 Å². The molecule has 1 fully saturated rings. The van der Waals surface area contributed by atoms with E-state index in [2.05, 4.69) is 37.8 Å². The highest BCUT2D eigenvalue weighted by Gasteiger charge is 2.32. The molecular formula is C16H23NO. The molecule has 0 atom stereocenters. The average Bonchev–Trinajstić information content (AvgIpc) is 3.12. The van der Waals surface area contributed by atoms with Gasteiger partial charge in [-0.2, -0.15) is 0 Å². The summed E-state index contributed by atoms with van der Waals surface area (Å²) in [6.07, 6.45) is 2.92. The number of hydrogen-bond donors (Lipinski definition) is 0. The minimum atomic E-state index is 0.292. The number of nitrogens with zero attached hydrogens (tertiary/aromatic N) is 1. The van der Waals surface area contributed by atoms with E-state index in [-0.39, 0.29) is 0 Å². The van der Waals surface area contributed by atoms with Crippen LogP contribution in [-0.2, 0) is 11.2 Å². The monoisotopic (exact) mass is 245 g/mol. The lowest BCUT2D eigenvalue weighted by Gasteiger charge is -2.24. The van der Waals surface area contributed by atoms with Crippen LogP contribution in [0.3, 0.4) is 0 Å². The lowest BCUT2D eigenvalue weighted by atomic mass is 10.0. The van der Waals surface area contributed by atoms with Crippen LogP contribution in [0.1, 0.15) is 37.8 Å². The number of carbonyl (C=O) groups is 1. The highest BCUT2D eigenvalue weighted by Crippen LogP contribution is 2.28. The fourth-order valence-electron chi connectivity index (χ4n) is 2.31. The largest absolute Gasteiger partial charge is 0.339 e. The Bertz CT molecular complexity index is 421. The van der Waals surface area contributed by atoms with Crippen molar-refractivity contribution in [3.8, 4) is 0 Å². The van der Waals surface area contributed by atoms with Crippen molar-refractivity contribution >= 4 is 5.91 Å². The summed E-state index contributed by atoms with van der Waals surface area (Å²) in [5.41, 5.74) is 2.38. The molecule has 18 heavy (non-hydrogen) atoms. The fraction of sp³-hybridized carbons (Fsp3) is 0.562. The quantitative estimate of drug-likeness (QED) is 0.780. The lowest BCUT2D eigenvalue weighted by molar-refractivity contribution is -0.131. The first-order valence-corrected chi connectivity index (χ1v) is 6.92. The molecule has 0 bridgehead atoms. The molecule has 2 nitrogen and oxygen atoms in total. The van der Waals surface area contributed by atoms with Gasteiger partial charge in [-0.25, -0.2) is 0 Å². The first kappa shape index (κ1) is 13.1. The summed E-state index contributed by atoms with van der Waals surface area (Å²) in [4.78, 5) is 14.5. The molecule has 0 unspecified atom stereocenters. The molecule has 2 rings (SSSR count). The topological polar surface area (TPSA) is 20.3 Å². The molecule has 1 aromatic rings. The maximum absolute atomic E-state index is 12.4. The Morgan fingerprint density at radius 2 is 2.00 bits per heavy atom. The molecule has 0 heterocycles. The average molecular weight is 245 g/mol. The molecule has 0 saturated heterocycles. The third-order valence-corrected chi connectivity index (χ3v) is 3.47. The van der Waals surface area contributed by atoms with Crippen molar-refractivity contribution < 1.29 is 4.79 Å². The Morgan fingerprint density at radius 1 is 1.33 bits per heavy atom. The van der Waals surface area contributed by atoms with Gasteiger partial charge in [0.2, 0.25) is 5.91 Å². The van der Waals surface area contributed by atoms with Crippen LogP contribution in [0.15, 0.2) is 24.3 Å². The van der Waals surface area contributed by atoms with Crippen molar-refractivity contribution in [3.63, 3.8) is 0 Å². The minimum absolute atomic E-state index is 0.292. The molecule has 1 saturated carbocycles. The first-order chi connectivity index (χ1) is 8.58. The van der Waals surface area contributed by atoms with Crippen molar-refractivity contribution in [1.29, 1.82) is 0 Å². The first-order valence-electron chi connectivity index (χ1n) is 6.92. The molecule has 1 aliphatic rings. The molecule has 1 amide bonds. The summed E-state index contributed by atoms with van der Waals surface area (Å²) in [5, 5.41) is 0. The molecule has 2 heteroatoms. The molecule has 0 aromatic heterocycles. The van der Waals surface area contributed by atoms with Crippen LogP contribution in [0.4, 0.5) is 0 Å². The van der Waals surface area contributed by atoms with Crippen LogP contribution in [0, 0.1) is 12.8 Å². The van der Waals surface area contributed by atoms with Crippen molar-refractivity contribution in [2.24, 2.45) is 5.92 Å². The SMILES string of the molecule is Cc1ccccc1CC(=O)N(CC(C)C)C1CC1. The zero-order chi connectivity index (χ0) is 13.1. The molecule has 0 N–H and O–H groups in total. The van der Waals surface area contributed by atoms with Gasteiger partial charge in [0.25, 0.3) is 0 Å². The summed E-state index contributed by atoms with van der Waals surface area (Å²) in [5.74, 6) is 0.840. The zero-order valence-electron chi connectivity index (χ0n) is 11.6. The zero-order valence-corrected chi connectivity index (χ0v) is 11.6. The third-order valence-electron chi connectivity index (χ3n) is 3.47. The van der Waals surface area contributed by atoms with Gasteiger partial charge in [0, 0.05) is 12.6 Å². The van der Waals surface area contributed by atoms with E-state index in [1.807, 2.05) is 12.1 Å². The number of carbonyl (C=O) groups excluding carboxylic acids is 1. The molecule has 0 spiro atoms. The summed E-state index contributed by atoms with van der Waals surface area (Å²) in [6.45, 7) is 7.33. The minimum Gasteiger partial charge on any atom is -0.339 e. The summed E-state index contributed by atoms with van der Waals surface area (Å²) in [7, 11) is 0. The Morgan fingerprint density at radius 3 is 2.56 bits per heavy atom. The maximum atomic E-state index is 12.4. The Kier molecular flexibility index (Phi) is 4.05. The van der Waals surface area contributed by atoms with E-state index in [0.717, 1.165) is 12.1 Å². The second-order valence-corrected chi connectivity index (χ2v) is 5.77. The van der Waals surface area contributed by atoms with Gasteiger partial charge in [0.1, 0.15) is 0 Å². The highest BCUT2D eigenvalue weighted by molar-refractivity contribution is 5.79. The Balaban J connectivity index is 2.03. The second kappa shape index (κ2) is 5.55. The third kappa shape index (κ3) is 3.34. The lowest BCUT2D eigenvalue weighted by Crippen LogP contribution is -2.37. The Hall–Kier alpha value is -1.31. The number of rotatable bonds is 5. The van der Waals surface area contributed by atoms with Gasteiger partial charge in [-0.3, -0.25) is 4.79 Å². The standard InChI is InChI=1S/C16H23NO/c1-12(2)11-17(15-8-9-15)16(18)10-14-7-5-4-6-13(14)3/h4-7,12,15H,8-11H2,1-3H3. The van der Waals surface area contributed by atoms with Crippen LogP contribution >= 0.6 is 0 Å². The van der Waals surface area contributed by atoms with E-state index in [1.54, 1.807) is 0 Å². The second-order valence-electron chi connectivity index (χ2n) is 5.77. The number of hydrogen-bond acceptors (Lipinski definition) is 1. The number of benzene rings is 1. The van der Waals surface area contributed by atoms with Gasteiger partial charge in [-0.05, 0) is 36.8 Å². The van der Waals surface area contributed by atoms with Gasteiger partial charge < -0.3 is 4.90 Å². The number of amides is 1. The van der Waals surface area contributed by atoms with E-state index in [0.29, 0.717) is 24.3 Å². The van der Waals surface area contributed by atoms with Crippen LogP contribution in [-0.4, -0.2) is 23.4 Å². The molecule has 0 aliphatic heterocycles. The van der Waals surface area contributed by atoms with Crippen LogP contribution < -0.4 is 0 Å². The summed E-state index contributed by atoms with van der Waals surface area (Å²) in [6, 6.07) is 8.69. The van der Waals surface area contributed by atoms with Gasteiger partial charge in [-0.1, -0.05) is 38.1 Å². The van der Waals surface area contributed by atoms with Crippen molar-refractivity contribution in [3.05, 3.63) is 35.4 Å². The van der Waals surface area contributed by atoms with Crippen molar-refractivity contribution in [2.45, 2.75) is 46.1 Å². The van der Waals surface area contributed by atoms with Gasteiger partial charge in [-0.15, -0.1) is 0 Å². The van der Waals surface area contributed by atoms with Gasteiger partial charge >= 0.3 is 0 Å². The van der Waals surface area contributed by atoms with E-state index in [4.69, 9.17) is 0 Å². The van der Waals surface area contributed by atoms with E-state index in [1.165, 1.54) is 18.4 Å². The van der Waals surface area contributed by atoms with Gasteiger partial charge in [0.05, 0.1) is 6.42 Å². The molecular weight excluding hydrogens is 222 g/mol. The smallest absolute Gasteiger partial charge is 0.227 e.